The molecule has 0 aliphatic rings. The summed E-state index contributed by atoms with van der Waals surface area (Å²) in [6.07, 6.45) is 0. The average molecular weight is 157 g/mol. The van der Waals surface area contributed by atoms with Crippen molar-refractivity contribution in [1.29, 1.82) is 0 Å². The fraction of sp³-hybridized carbons (Fsp3) is 0.889. The summed E-state index contributed by atoms with van der Waals surface area (Å²) in [5.74, 6) is 0. The third-order valence-corrected chi connectivity index (χ3v) is 2.10. The summed E-state index contributed by atoms with van der Waals surface area (Å²) in [7, 11) is 2.11. The van der Waals surface area contributed by atoms with Gasteiger partial charge in [0.15, 0.2) is 0 Å². The van der Waals surface area contributed by atoms with Crippen LogP contribution in [0.3, 0.4) is 0 Å². The predicted octanol–water partition coefficient (Wildman–Crippen LogP) is 1.44. The molecule has 0 saturated heterocycles. The Morgan fingerprint density at radius 1 is 1.09 bits per heavy atom. The molecular formula is C9H21N2. The molecule has 0 heterocycles. The molecule has 0 atom stereocenters. The van der Waals surface area contributed by atoms with E-state index in [0.717, 1.165) is 19.6 Å². The quantitative estimate of drug-likeness (QED) is 0.575. The highest BCUT2D eigenvalue weighted by Crippen LogP contribution is 1.90. The number of hydrogen-bond donors (Lipinski definition) is 0. The molecule has 0 bridgehead atoms. The molecule has 0 aromatic heterocycles. The van der Waals surface area contributed by atoms with E-state index in [4.69, 9.17) is 0 Å². The molecule has 0 unspecified atom stereocenters. The highest BCUT2D eigenvalue weighted by atomic mass is 15.2. The maximum Gasteiger partial charge on any atom is 0.0218 e. The number of likely N-dealkylation sites (N-methyl/N-ethyl adjacent to an activating group) is 2. The first-order chi connectivity index (χ1) is 5.24. The van der Waals surface area contributed by atoms with Crippen LogP contribution in [-0.4, -0.2) is 43.0 Å². The summed E-state index contributed by atoms with van der Waals surface area (Å²) in [5, 5.41) is 0. The number of hydrogen-bond acceptors (Lipinski definition) is 2. The van der Waals surface area contributed by atoms with Crippen LogP contribution in [0, 0.1) is 6.54 Å². The van der Waals surface area contributed by atoms with Crippen LogP contribution in [0.5, 0.6) is 0 Å². The van der Waals surface area contributed by atoms with Gasteiger partial charge < -0.3 is 9.80 Å². The highest BCUT2D eigenvalue weighted by molar-refractivity contribution is 4.61. The molecule has 0 aromatic carbocycles. The summed E-state index contributed by atoms with van der Waals surface area (Å²) < 4.78 is 0. The Kier molecular flexibility index (Phi) is 6.57. The van der Waals surface area contributed by atoms with Gasteiger partial charge in [-0.2, -0.15) is 0 Å². The fourth-order valence-electron chi connectivity index (χ4n) is 0.968. The van der Waals surface area contributed by atoms with Gasteiger partial charge in [-0.3, -0.25) is 0 Å². The van der Waals surface area contributed by atoms with Crippen LogP contribution in [0.4, 0.5) is 0 Å². The van der Waals surface area contributed by atoms with Crippen LogP contribution in [0.2, 0.25) is 0 Å². The van der Waals surface area contributed by atoms with Gasteiger partial charge in [0.2, 0.25) is 0 Å². The third kappa shape index (κ3) is 5.22. The van der Waals surface area contributed by atoms with Crippen molar-refractivity contribution in [3.05, 3.63) is 6.54 Å². The lowest BCUT2D eigenvalue weighted by Crippen LogP contribution is -2.31. The van der Waals surface area contributed by atoms with Gasteiger partial charge in [0.25, 0.3) is 0 Å². The SMILES string of the molecule is C[CH]N(C)CCN(CC)CC. The van der Waals surface area contributed by atoms with Crippen molar-refractivity contribution < 1.29 is 0 Å². The number of nitrogens with zero attached hydrogens (tertiary/aromatic N) is 2. The molecule has 0 rings (SSSR count). The molecule has 1 radical (unpaired) electrons. The smallest absolute Gasteiger partial charge is 0.0218 e. The first-order valence-electron chi connectivity index (χ1n) is 4.46. The van der Waals surface area contributed by atoms with Crippen molar-refractivity contribution >= 4 is 0 Å². The molecule has 0 aromatic rings. The Labute approximate surface area is 71.2 Å². The summed E-state index contributed by atoms with van der Waals surface area (Å²) in [5.41, 5.74) is 0. The molecule has 0 aliphatic carbocycles. The molecule has 67 valence electrons. The van der Waals surface area contributed by atoms with E-state index in [-0.39, 0.29) is 0 Å². The van der Waals surface area contributed by atoms with E-state index in [2.05, 4.69) is 44.2 Å². The molecular weight excluding hydrogens is 136 g/mol. The summed E-state index contributed by atoms with van der Waals surface area (Å²) >= 11 is 0. The van der Waals surface area contributed by atoms with E-state index < -0.39 is 0 Å². The van der Waals surface area contributed by atoms with Crippen molar-refractivity contribution in [3.8, 4) is 0 Å². The normalized spacial score (nSPS) is 11.5. The van der Waals surface area contributed by atoms with E-state index in [9.17, 15) is 0 Å². The fourth-order valence-corrected chi connectivity index (χ4v) is 0.968. The molecule has 2 nitrogen and oxygen atoms in total. The van der Waals surface area contributed by atoms with Crippen LogP contribution in [0.1, 0.15) is 20.8 Å². The minimum Gasteiger partial charge on any atom is -0.303 e. The van der Waals surface area contributed by atoms with Crippen LogP contribution in [0.25, 0.3) is 0 Å². The van der Waals surface area contributed by atoms with Gasteiger partial charge in [-0.1, -0.05) is 13.8 Å². The lowest BCUT2D eigenvalue weighted by Gasteiger charge is -2.21. The lowest BCUT2D eigenvalue weighted by atomic mass is 10.4. The van der Waals surface area contributed by atoms with Crippen LogP contribution in [0.15, 0.2) is 0 Å². The van der Waals surface area contributed by atoms with Crippen LogP contribution >= 0.6 is 0 Å². The van der Waals surface area contributed by atoms with E-state index in [1.807, 2.05) is 0 Å². The Balaban J connectivity index is 3.34. The zero-order valence-electron chi connectivity index (χ0n) is 8.30. The monoisotopic (exact) mass is 157 g/mol. The van der Waals surface area contributed by atoms with Crippen molar-refractivity contribution in [2.75, 3.05) is 33.2 Å². The topological polar surface area (TPSA) is 6.48 Å². The second kappa shape index (κ2) is 6.62. The maximum absolute atomic E-state index is 2.43. The van der Waals surface area contributed by atoms with Crippen LogP contribution < -0.4 is 0 Å². The highest BCUT2D eigenvalue weighted by Gasteiger charge is 1.99. The van der Waals surface area contributed by atoms with Crippen molar-refractivity contribution in [3.63, 3.8) is 0 Å². The van der Waals surface area contributed by atoms with Crippen LogP contribution in [-0.2, 0) is 0 Å². The standard InChI is InChI=1S/C9H21N2/c1-5-10(4)8-9-11(6-2)7-3/h5H,6-9H2,1-4H3. The zero-order chi connectivity index (χ0) is 8.69. The second-order valence-electron chi connectivity index (χ2n) is 2.77. The third-order valence-electron chi connectivity index (χ3n) is 2.10. The summed E-state index contributed by atoms with van der Waals surface area (Å²) in [6.45, 7) is 13.2. The molecule has 0 fully saturated rings. The molecule has 0 aliphatic heterocycles. The minimum atomic E-state index is 1.14. The van der Waals surface area contributed by atoms with E-state index >= 15 is 0 Å². The Morgan fingerprint density at radius 3 is 2.00 bits per heavy atom. The van der Waals surface area contributed by atoms with Gasteiger partial charge in [0, 0.05) is 19.6 Å². The average Bonchev–Trinajstić information content (AvgIpc) is 2.06. The van der Waals surface area contributed by atoms with Crippen molar-refractivity contribution in [2.24, 2.45) is 0 Å². The second-order valence-corrected chi connectivity index (χ2v) is 2.77. The van der Waals surface area contributed by atoms with Crippen molar-refractivity contribution in [1.82, 2.24) is 9.80 Å². The largest absolute Gasteiger partial charge is 0.303 e. The van der Waals surface area contributed by atoms with Gasteiger partial charge in [-0.25, -0.2) is 0 Å². The molecule has 2 heteroatoms. The molecule has 0 amide bonds. The Morgan fingerprint density at radius 2 is 1.64 bits per heavy atom. The Bertz CT molecular complexity index is 79.6. The first-order valence-corrected chi connectivity index (χ1v) is 4.46. The summed E-state index contributed by atoms with van der Waals surface area (Å²) in [6, 6.07) is 0. The van der Waals surface area contributed by atoms with Gasteiger partial charge in [-0.05, 0) is 27.1 Å². The molecule has 0 N–H and O–H groups in total. The van der Waals surface area contributed by atoms with E-state index in [1.54, 1.807) is 0 Å². The van der Waals surface area contributed by atoms with Gasteiger partial charge in [-0.15, -0.1) is 0 Å². The first kappa shape index (κ1) is 10.9. The number of rotatable bonds is 6. The summed E-state index contributed by atoms with van der Waals surface area (Å²) in [4.78, 5) is 4.65. The molecule has 0 spiro atoms. The minimum absolute atomic E-state index is 1.14. The zero-order valence-corrected chi connectivity index (χ0v) is 8.30. The van der Waals surface area contributed by atoms with Gasteiger partial charge in [0.05, 0.1) is 0 Å². The van der Waals surface area contributed by atoms with Gasteiger partial charge in [0.1, 0.15) is 0 Å². The lowest BCUT2D eigenvalue weighted by molar-refractivity contribution is 0.262. The molecule has 0 saturated carbocycles. The van der Waals surface area contributed by atoms with Gasteiger partial charge >= 0.3 is 0 Å². The Hall–Kier alpha value is -0.0800. The van der Waals surface area contributed by atoms with E-state index in [0.29, 0.717) is 0 Å². The maximum atomic E-state index is 2.43. The molecule has 11 heavy (non-hydrogen) atoms. The van der Waals surface area contributed by atoms with Crippen molar-refractivity contribution in [2.45, 2.75) is 20.8 Å². The predicted molar refractivity (Wildman–Crippen MR) is 50.4 cm³/mol. The van der Waals surface area contributed by atoms with E-state index in [1.165, 1.54) is 6.54 Å².